The number of aryl methyl sites for hydroxylation is 2. The number of hydrogen-bond donors (Lipinski definition) is 1. The zero-order valence-corrected chi connectivity index (χ0v) is 13.5. The first-order chi connectivity index (χ1) is 9.82. The highest BCUT2D eigenvalue weighted by Gasteiger charge is 2.23. The van der Waals surface area contributed by atoms with Crippen LogP contribution in [0, 0.1) is 13.8 Å². The SMILES string of the molecule is Cc1ccsc1C(=O)Nc1c(C(=O)N(C)C)nn(C)c1C. The number of hydrogen-bond acceptors (Lipinski definition) is 4. The monoisotopic (exact) mass is 306 g/mol. The topological polar surface area (TPSA) is 67.2 Å². The third-order valence-corrected chi connectivity index (χ3v) is 4.26. The van der Waals surface area contributed by atoms with Crippen molar-refractivity contribution < 1.29 is 9.59 Å². The number of thiophene rings is 1. The Morgan fingerprint density at radius 2 is 2.00 bits per heavy atom. The van der Waals surface area contributed by atoms with Gasteiger partial charge < -0.3 is 10.2 Å². The molecule has 1 N–H and O–H groups in total. The lowest BCUT2D eigenvalue weighted by molar-refractivity contribution is 0.0822. The standard InChI is InChI=1S/C14H18N4O2S/c1-8-6-7-21-12(8)13(19)15-10-9(2)18(5)16-11(10)14(20)17(3)4/h6-7H,1-5H3,(H,15,19). The molecule has 2 aromatic rings. The van der Waals surface area contributed by atoms with E-state index in [9.17, 15) is 9.59 Å². The van der Waals surface area contributed by atoms with Gasteiger partial charge >= 0.3 is 0 Å². The molecule has 0 aromatic carbocycles. The number of carbonyl (C=O) groups excluding carboxylic acids is 2. The van der Waals surface area contributed by atoms with Gasteiger partial charge in [-0.3, -0.25) is 14.3 Å². The van der Waals surface area contributed by atoms with Crippen LogP contribution in [0.2, 0.25) is 0 Å². The Labute approximate surface area is 127 Å². The van der Waals surface area contributed by atoms with E-state index in [4.69, 9.17) is 0 Å². The molecule has 112 valence electrons. The summed E-state index contributed by atoms with van der Waals surface area (Å²) in [7, 11) is 5.05. The molecule has 7 heteroatoms. The molecule has 0 fully saturated rings. The largest absolute Gasteiger partial charge is 0.343 e. The van der Waals surface area contributed by atoms with Crippen LogP contribution >= 0.6 is 11.3 Å². The highest BCUT2D eigenvalue weighted by molar-refractivity contribution is 7.12. The molecule has 2 rings (SSSR count). The van der Waals surface area contributed by atoms with E-state index in [2.05, 4.69) is 10.4 Å². The van der Waals surface area contributed by atoms with Crippen LogP contribution in [0.15, 0.2) is 11.4 Å². The van der Waals surface area contributed by atoms with E-state index in [-0.39, 0.29) is 17.5 Å². The smallest absolute Gasteiger partial charge is 0.276 e. The number of nitrogens with one attached hydrogen (secondary N) is 1. The molecule has 0 aliphatic heterocycles. The van der Waals surface area contributed by atoms with Gasteiger partial charge in [-0.05, 0) is 30.9 Å². The molecule has 2 heterocycles. The van der Waals surface area contributed by atoms with Gasteiger partial charge in [0.25, 0.3) is 11.8 Å². The normalized spacial score (nSPS) is 10.5. The lowest BCUT2D eigenvalue weighted by atomic mass is 10.2. The fraction of sp³-hybridized carbons (Fsp3) is 0.357. The van der Waals surface area contributed by atoms with Crippen LogP contribution in [0.25, 0.3) is 0 Å². The Morgan fingerprint density at radius 3 is 2.52 bits per heavy atom. The second kappa shape index (κ2) is 5.69. The van der Waals surface area contributed by atoms with Gasteiger partial charge in [0.05, 0.1) is 16.3 Å². The molecule has 0 aliphatic rings. The summed E-state index contributed by atoms with van der Waals surface area (Å²) in [5.74, 6) is -0.455. The minimum atomic E-state index is -0.239. The summed E-state index contributed by atoms with van der Waals surface area (Å²) in [5, 5.41) is 8.89. The van der Waals surface area contributed by atoms with Crippen molar-refractivity contribution >= 4 is 28.8 Å². The average molecular weight is 306 g/mol. The zero-order chi connectivity index (χ0) is 15.7. The van der Waals surface area contributed by atoms with Crippen molar-refractivity contribution in [2.24, 2.45) is 7.05 Å². The minimum Gasteiger partial charge on any atom is -0.343 e. The average Bonchev–Trinajstić information content (AvgIpc) is 2.96. The number of nitrogens with zero attached hydrogens (tertiary/aromatic N) is 3. The fourth-order valence-electron chi connectivity index (χ4n) is 1.89. The van der Waals surface area contributed by atoms with E-state index in [1.165, 1.54) is 16.2 Å². The molecular weight excluding hydrogens is 288 g/mol. The summed E-state index contributed by atoms with van der Waals surface area (Å²) in [6.07, 6.45) is 0. The second-order valence-electron chi connectivity index (χ2n) is 5.02. The number of carbonyl (C=O) groups is 2. The Kier molecular flexibility index (Phi) is 4.13. The molecule has 21 heavy (non-hydrogen) atoms. The van der Waals surface area contributed by atoms with Crippen LogP contribution in [0.5, 0.6) is 0 Å². The molecule has 2 aromatic heterocycles. The minimum absolute atomic E-state index is 0.216. The van der Waals surface area contributed by atoms with E-state index in [1.54, 1.807) is 25.8 Å². The first-order valence-electron chi connectivity index (χ1n) is 6.43. The number of aromatic nitrogens is 2. The van der Waals surface area contributed by atoms with Gasteiger partial charge in [-0.25, -0.2) is 0 Å². The highest BCUT2D eigenvalue weighted by Crippen LogP contribution is 2.23. The maximum Gasteiger partial charge on any atom is 0.276 e. The maximum absolute atomic E-state index is 12.3. The van der Waals surface area contributed by atoms with Crippen molar-refractivity contribution in [3.05, 3.63) is 33.3 Å². The van der Waals surface area contributed by atoms with Gasteiger partial charge in [0.15, 0.2) is 5.69 Å². The van der Waals surface area contributed by atoms with E-state index >= 15 is 0 Å². The van der Waals surface area contributed by atoms with E-state index in [1.807, 2.05) is 25.3 Å². The van der Waals surface area contributed by atoms with Crippen molar-refractivity contribution in [2.45, 2.75) is 13.8 Å². The van der Waals surface area contributed by atoms with Crippen molar-refractivity contribution in [3.63, 3.8) is 0 Å². The van der Waals surface area contributed by atoms with Crippen LogP contribution in [0.4, 0.5) is 5.69 Å². The van der Waals surface area contributed by atoms with Gasteiger partial charge in [0, 0.05) is 21.1 Å². The Morgan fingerprint density at radius 1 is 1.33 bits per heavy atom. The van der Waals surface area contributed by atoms with Crippen molar-refractivity contribution in [2.75, 3.05) is 19.4 Å². The summed E-state index contributed by atoms with van der Waals surface area (Å²) in [6.45, 7) is 3.70. The fourth-order valence-corrected chi connectivity index (χ4v) is 2.72. The van der Waals surface area contributed by atoms with Gasteiger partial charge in [0.1, 0.15) is 0 Å². The van der Waals surface area contributed by atoms with Gasteiger partial charge in [-0.2, -0.15) is 5.10 Å². The van der Waals surface area contributed by atoms with E-state index in [0.717, 1.165) is 11.3 Å². The molecule has 0 saturated heterocycles. The number of anilines is 1. The van der Waals surface area contributed by atoms with Crippen molar-refractivity contribution in [3.8, 4) is 0 Å². The number of rotatable bonds is 3. The predicted octanol–water partition coefficient (Wildman–Crippen LogP) is 2.05. The summed E-state index contributed by atoms with van der Waals surface area (Å²) >= 11 is 1.38. The van der Waals surface area contributed by atoms with Crippen LogP contribution in [-0.4, -0.2) is 40.6 Å². The molecule has 6 nitrogen and oxygen atoms in total. The third-order valence-electron chi connectivity index (χ3n) is 3.25. The Balaban J connectivity index is 2.38. The van der Waals surface area contributed by atoms with Crippen LogP contribution < -0.4 is 5.32 Å². The predicted molar refractivity (Wildman–Crippen MR) is 83.0 cm³/mol. The quantitative estimate of drug-likeness (QED) is 0.943. The summed E-state index contributed by atoms with van der Waals surface area (Å²) in [6, 6.07) is 1.89. The zero-order valence-electron chi connectivity index (χ0n) is 12.7. The lowest BCUT2D eigenvalue weighted by Gasteiger charge is -2.10. The molecular formula is C14H18N4O2S. The van der Waals surface area contributed by atoms with Crippen LogP contribution in [0.1, 0.15) is 31.4 Å². The molecule has 0 atom stereocenters. The Hall–Kier alpha value is -2.15. The molecule has 0 unspecified atom stereocenters. The van der Waals surface area contributed by atoms with Crippen LogP contribution in [-0.2, 0) is 7.05 Å². The van der Waals surface area contributed by atoms with Gasteiger partial charge in [0.2, 0.25) is 0 Å². The second-order valence-corrected chi connectivity index (χ2v) is 5.94. The molecule has 0 radical (unpaired) electrons. The molecule has 0 aliphatic carbocycles. The summed E-state index contributed by atoms with van der Waals surface area (Å²) < 4.78 is 1.59. The third kappa shape index (κ3) is 2.82. The lowest BCUT2D eigenvalue weighted by Crippen LogP contribution is -2.24. The first-order valence-corrected chi connectivity index (χ1v) is 7.31. The highest BCUT2D eigenvalue weighted by atomic mass is 32.1. The van der Waals surface area contributed by atoms with Gasteiger partial charge in [-0.15, -0.1) is 11.3 Å². The van der Waals surface area contributed by atoms with Crippen molar-refractivity contribution in [1.82, 2.24) is 14.7 Å². The molecule has 0 bridgehead atoms. The van der Waals surface area contributed by atoms with E-state index < -0.39 is 0 Å². The summed E-state index contributed by atoms with van der Waals surface area (Å²) in [5.41, 5.74) is 2.37. The molecule has 2 amide bonds. The van der Waals surface area contributed by atoms with E-state index in [0.29, 0.717) is 10.6 Å². The first kappa shape index (κ1) is 15.2. The maximum atomic E-state index is 12.3. The van der Waals surface area contributed by atoms with Crippen LogP contribution in [0.3, 0.4) is 0 Å². The summed E-state index contributed by atoms with van der Waals surface area (Å²) in [4.78, 5) is 26.6. The Bertz CT molecular complexity index is 700. The molecule has 0 saturated carbocycles. The number of amides is 2. The van der Waals surface area contributed by atoms with Crippen molar-refractivity contribution in [1.29, 1.82) is 0 Å². The molecule has 0 spiro atoms. The van der Waals surface area contributed by atoms with Gasteiger partial charge in [-0.1, -0.05) is 0 Å².